The Morgan fingerprint density at radius 2 is 1.67 bits per heavy atom. The summed E-state index contributed by atoms with van der Waals surface area (Å²) in [5.74, 6) is 1.03. The summed E-state index contributed by atoms with van der Waals surface area (Å²) < 4.78 is 5.84. The minimum absolute atomic E-state index is 0.138. The van der Waals surface area contributed by atoms with Gasteiger partial charge in [-0.1, -0.05) is 68.9 Å². The summed E-state index contributed by atoms with van der Waals surface area (Å²) in [6.45, 7) is 2.64. The van der Waals surface area contributed by atoms with E-state index < -0.39 is 0 Å². The number of hydrogen-bond donors (Lipinski definition) is 0. The number of fused-ring (bicyclic) bond motifs is 1. The van der Waals surface area contributed by atoms with E-state index in [1.54, 1.807) is 11.8 Å². The molecule has 0 radical (unpaired) electrons. The molecule has 2 aromatic carbocycles. The van der Waals surface area contributed by atoms with Crippen LogP contribution in [-0.4, -0.2) is 34.7 Å². The molecule has 4 nitrogen and oxygen atoms in total. The molecule has 1 aliphatic heterocycles. The Hall–Kier alpha value is -2.27. The molecule has 0 unspecified atom stereocenters. The van der Waals surface area contributed by atoms with Crippen molar-refractivity contribution in [3.63, 3.8) is 0 Å². The normalized spacial score (nSPS) is 23.2. The number of carbonyl (C=O) groups is 1. The van der Waals surface area contributed by atoms with Crippen LogP contribution in [0.25, 0.3) is 16.8 Å². The van der Waals surface area contributed by atoms with Crippen molar-refractivity contribution in [3.05, 3.63) is 46.9 Å². The summed E-state index contributed by atoms with van der Waals surface area (Å²) in [6.07, 6.45) is 14.1. The number of ether oxygens (including phenoxy) is 1. The Bertz CT molecular complexity index is 1060. The van der Waals surface area contributed by atoms with E-state index in [1.165, 1.54) is 38.5 Å². The summed E-state index contributed by atoms with van der Waals surface area (Å²) in [5.41, 5.74) is 1.06. The second-order valence-electron chi connectivity index (χ2n) is 9.41. The summed E-state index contributed by atoms with van der Waals surface area (Å²) in [7, 11) is 0. The fourth-order valence-electron chi connectivity index (χ4n) is 5.45. The molecule has 0 bridgehead atoms. The van der Waals surface area contributed by atoms with Gasteiger partial charge in [-0.3, -0.25) is 14.7 Å². The van der Waals surface area contributed by atoms with Crippen LogP contribution in [0.15, 0.2) is 46.3 Å². The zero-order valence-electron chi connectivity index (χ0n) is 19.6. The molecular formula is C28H34N2O2S. The average Bonchev–Trinajstić information content (AvgIpc) is 3.16. The van der Waals surface area contributed by atoms with Crippen LogP contribution in [0.4, 0.5) is 0 Å². The Morgan fingerprint density at radius 1 is 0.970 bits per heavy atom. The zero-order chi connectivity index (χ0) is 22.6. The van der Waals surface area contributed by atoms with Crippen LogP contribution in [0.2, 0.25) is 0 Å². The van der Waals surface area contributed by atoms with Gasteiger partial charge in [-0.05, 0) is 67.5 Å². The Kier molecular flexibility index (Phi) is 7.05. The lowest BCUT2D eigenvalue weighted by molar-refractivity contribution is -0.124. The number of carbonyl (C=O) groups excluding carboxylic acids is 1. The zero-order valence-corrected chi connectivity index (χ0v) is 20.4. The third-order valence-corrected chi connectivity index (χ3v) is 8.15. The second kappa shape index (κ2) is 10.3. The van der Waals surface area contributed by atoms with Crippen LogP contribution >= 0.6 is 11.8 Å². The minimum atomic E-state index is 0.138. The SMILES string of the molecule is CCOc1ccc(C=C2SC(=NC3CCCCC3)N(C3CCCCC3)C2=O)c2ccccc12. The van der Waals surface area contributed by atoms with Gasteiger partial charge in [0, 0.05) is 11.4 Å². The first-order chi connectivity index (χ1) is 16.2. The molecule has 0 spiro atoms. The van der Waals surface area contributed by atoms with Gasteiger partial charge in [-0.25, -0.2) is 0 Å². The molecule has 3 fully saturated rings. The Labute approximate surface area is 201 Å². The van der Waals surface area contributed by atoms with Gasteiger partial charge < -0.3 is 4.74 Å². The molecule has 174 valence electrons. The van der Waals surface area contributed by atoms with E-state index in [-0.39, 0.29) is 5.91 Å². The van der Waals surface area contributed by atoms with E-state index in [0.717, 1.165) is 57.8 Å². The lowest BCUT2D eigenvalue weighted by atomic mass is 9.94. The van der Waals surface area contributed by atoms with Gasteiger partial charge in [0.1, 0.15) is 5.75 Å². The van der Waals surface area contributed by atoms with Gasteiger partial charge in [0.05, 0.1) is 17.6 Å². The third kappa shape index (κ3) is 4.84. The van der Waals surface area contributed by atoms with E-state index in [9.17, 15) is 4.79 Å². The van der Waals surface area contributed by atoms with Crippen LogP contribution in [0, 0.1) is 0 Å². The largest absolute Gasteiger partial charge is 0.493 e. The van der Waals surface area contributed by atoms with Crippen LogP contribution in [0.1, 0.15) is 76.7 Å². The topological polar surface area (TPSA) is 41.9 Å². The maximum Gasteiger partial charge on any atom is 0.267 e. The molecule has 5 heteroatoms. The van der Waals surface area contributed by atoms with Crippen molar-refractivity contribution in [3.8, 4) is 5.75 Å². The number of hydrogen-bond acceptors (Lipinski definition) is 4. The molecule has 33 heavy (non-hydrogen) atoms. The maximum absolute atomic E-state index is 13.7. The van der Waals surface area contributed by atoms with Gasteiger partial charge in [0.15, 0.2) is 5.17 Å². The van der Waals surface area contributed by atoms with Crippen molar-refractivity contribution in [1.29, 1.82) is 0 Å². The number of benzene rings is 2. The molecule has 2 aromatic rings. The van der Waals surface area contributed by atoms with Crippen LogP contribution < -0.4 is 4.74 Å². The van der Waals surface area contributed by atoms with Crippen molar-refractivity contribution in [2.75, 3.05) is 6.61 Å². The molecule has 0 aromatic heterocycles. The molecule has 1 heterocycles. The van der Waals surface area contributed by atoms with Crippen molar-refractivity contribution in [2.24, 2.45) is 4.99 Å². The maximum atomic E-state index is 13.7. The fraction of sp³-hybridized carbons (Fsp3) is 0.500. The van der Waals surface area contributed by atoms with Crippen molar-refractivity contribution in [1.82, 2.24) is 4.90 Å². The summed E-state index contributed by atoms with van der Waals surface area (Å²) in [4.78, 5) is 21.7. The van der Waals surface area contributed by atoms with E-state index >= 15 is 0 Å². The Morgan fingerprint density at radius 3 is 2.39 bits per heavy atom. The Balaban J connectivity index is 1.51. The second-order valence-corrected chi connectivity index (χ2v) is 10.4. The molecule has 1 amide bonds. The quantitative estimate of drug-likeness (QED) is 0.442. The summed E-state index contributed by atoms with van der Waals surface area (Å²) in [5, 5.41) is 3.15. The fourth-order valence-corrected chi connectivity index (χ4v) is 6.55. The number of amidine groups is 1. The highest BCUT2D eigenvalue weighted by Crippen LogP contribution is 2.39. The average molecular weight is 463 g/mol. The smallest absolute Gasteiger partial charge is 0.267 e. The molecule has 2 aliphatic carbocycles. The van der Waals surface area contributed by atoms with Gasteiger partial charge in [-0.15, -0.1) is 0 Å². The first-order valence-corrected chi connectivity index (χ1v) is 13.5. The standard InChI is InChI=1S/C28H34N2O2S/c1-2-32-25-18-17-20(23-15-9-10-16-24(23)25)19-26-27(31)30(22-13-7-4-8-14-22)28(33-26)29-21-11-5-3-6-12-21/h9-10,15-19,21-22H,2-8,11-14H2,1H3. The number of amides is 1. The minimum Gasteiger partial charge on any atom is -0.493 e. The van der Waals surface area contributed by atoms with Crippen molar-refractivity contribution in [2.45, 2.75) is 83.2 Å². The molecule has 0 atom stereocenters. The number of nitrogens with zero attached hydrogens (tertiary/aromatic N) is 2. The van der Waals surface area contributed by atoms with E-state index in [2.05, 4.69) is 29.2 Å². The number of rotatable bonds is 5. The highest BCUT2D eigenvalue weighted by molar-refractivity contribution is 8.18. The first-order valence-electron chi connectivity index (χ1n) is 12.7. The third-order valence-electron chi connectivity index (χ3n) is 7.15. The van der Waals surface area contributed by atoms with E-state index in [1.807, 2.05) is 25.1 Å². The molecule has 2 saturated carbocycles. The highest BCUT2D eigenvalue weighted by atomic mass is 32.2. The summed E-state index contributed by atoms with van der Waals surface area (Å²) >= 11 is 1.59. The predicted molar refractivity (Wildman–Crippen MR) is 139 cm³/mol. The lowest BCUT2D eigenvalue weighted by Crippen LogP contribution is -2.41. The number of aliphatic imine (C=N–C) groups is 1. The van der Waals surface area contributed by atoms with E-state index in [4.69, 9.17) is 9.73 Å². The first kappa shape index (κ1) is 22.5. The van der Waals surface area contributed by atoms with E-state index in [0.29, 0.717) is 18.7 Å². The monoisotopic (exact) mass is 462 g/mol. The van der Waals surface area contributed by atoms with Crippen LogP contribution in [-0.2, 0) is 4.79 Å². The van der Waals surface area contributed by atoms with Crippen molar-refractivity contribution < 1.29 is 9.53 Å². The van der Waals surface area contributed by atoms with Crippen molar-refractivity contribution >= 4 is 39.7 Å². The van der Waals surface area contributed by atoms with Crippen LogP contribution in [0.3, 0.4) is 0 Å². The van der Waals surface area contributed by atoms with Gasteiger partial charge in [0.25, 0.3) is 5.91 Å². The molecule has 1 saturated heterocycles. The molecular weight excluding hydrogens is 428 g/mol. The number of thioether (sulfide) groups is 1. The highest BCUT2D eigenvalue weighted by Gasteiger charge is 2.39. The van der Waals surface area contributed by atoms with Gasteiger partial charge >= 0.3 is 0 Å². The molecule has 0 N–H and O–H groups in total. The predicted octanol–water partition coefficient (Wildman–Crippen LogP) is 7.18. The summed E-state index contributed by atoms with van der Waals surface area (Å²) in [6, 6.07) is 13.1. The van der Waals surface area contributed by atoms with Gasteiger partial charge in [-0.2, -0.15) is 0 Å². The lowest BCUT2D eigenvalue weighted by Gasteiger charge is -2.31. The molecule has 5 rings (SSSR count). The van der Waals surface area contributed by atoms with Gasteiger partial charge in [0.2, 0.25) is 0 Å². The van der Waals surface area contributed by atoms with Crippen LogP contribution in [0.5, 0.6) is 5.75 Å². The molecule has 3 aliphatic rings.